The van der Waals surface area contributed by atoms with E-state index in [4.69, 9.17) is 5.11 Å². The van der Waals surface area contributed by atoms with Gasteiger partial charge in [0.05, 0.1) is 12.1 Å². The molecule has 2 aromatic rings. The summed E-state index contributed by atoms with van der Waals surface area (Å²) >= 11 is 0. The van der Waals surface area contributed by atoms with Gasteiger partial charge >= 0.3 is 5.97 Å². The van der Waals surface area contributed by atoms with Crippen molar-refractivity contribution in [3.05, 3.63) is 35.5 Å². The van der Waals surface area contributed by atoms with E-state index in [0.29, 0.717) is 28.5 Å². The molecule has 2 heterocycles. The van der Waals surface area contributed by atoms with Crippen LogP contribution in [0.3, 0.4) is 0 Å². The number of carboxylic acids is 1. The van der Waals surface area contributed by atoms with E-state index < -0.39 is 11.9 Å². The average Bonchev–Trinajstić information content (AvgIpc) is 2.38. The van der Waals surface area contributed by atoms with Crippen molar-refractivity contribution in [2.75, 3.05) is 0 Å². The zero-order valence-corrected chi connectivity index (χ0v) is 11.0. The zero-order valence-electron chi connectivity index (χ0n) is 11.0. The molecular weight excluding hydrogens is 244 g/mol. The molecule has 6 nitrogen and oxygen atoms in total. The molecule has 0 saturated heterocycles. The Morgan fingerprint density at radius 1 is 1.21 bits per heavy atom. The van der Waals surface area contributed by atoms with Gasteiger partial charge in [-0.3, -0.25) is 9.78 Å². The smallest absolute Gasteiger partial charge is 0.310 e. The summed E-state index contributed by atoms with van der Waals surface area (Å²) in [5.41, 5.74) is 2.54. The first-order valence-corrected chi connectivity index (χ1v) is 5.85. The van der Waals surface area contributed by atoms with Gasteiger partial charge in [0, 0.05) is 29.3 Å². The van der Waals surface area contributed by atoms with E-state index >= 15 is 0 Å². The second kappa shape index (κ2) is 5.09. The topological polar surface area (TPSA) is 88.9 Å². The summed E-state index contributed by atoms with van der Waals surface area (Å²) in [7, 11) is 0. The molecule has 1 unspecified atom stereocenters. The van der Waals surface area contributed by atoms with Gasteiger partial charge in [-0.05, 0) is 20.8 Å². The Bertz CT molecular complexity index is 590. The van der Waals surface area contributed by atoms with Crippen LogP contribution in [0, 0.1) is 13.8 Å². The van der Waals surface area contributed by atoms with Crippen LogP contribution in [-0.4, -0.2) is 31.0 Å². The first-order valence-electron chi connectivity index (χ1n) is 5.85. The van der Waals surface area contributed by atoms with Crippen molar-refractivity contribution in [3.63, 3.8) is 0 Å². The molecule has 98 valence electrons. The molecule has 0 radical (unpaired) electrons. The Kier molecular flexibility index (Phi) is 3.50. The summed E-state index contributed by atoms with van der Waals surface area (Å²) in [6, 6.07) is 0. The fourth-order valence-electron chi connectivity index (χ4n) is 2.00. The molecule has 2 rings (SSSR count). The van der Waals surface area contributed by atoms with Crippen LogP contribution in [-0.2, 0) is 4.79 Å². The van der Waals surface area contributed by atoms with Gasteiger partial charge in [0.15, 0.2) is 5.82 Å². The molecule has 0 bridgehead atoms. The summed E-state index contributed by atoms with van der Waals surface area (Å²) < 4.78 is 0. The number of nitrogens with zero attached hydrogens (tertiary/aromatic N) is 4. The molecule has 1 atom stereocenters. The van der Waals surface area contributed by atoms with Gasteiger partial charge in [0.25, 0.3) is 0 Å². The minimum atomic E-state index is -0.887. The summed E-state index contributed by atoms with van der Waals surface area (Å²) in [6.07, 6.45) is 4.72. The van der Waals surface area contributed by atoms with E-state index in [1.807, 2.05) is 0 Å². The van der Waals surface area contributed by atoms with Gasteiger partial charge in [-0.1, -0.05) is 0 Å². The van der Waals surface area contributed by atoms with Crippen molar-refractivity contribution >= 4 is 5.97 Å². The normalized spacial score (nSPS) is 12.2. The molecule has 0 amide bonds. The molecule has 1 N–H and O–H groups in total. The van der Waals surface area contributed by atoms with E-state index in [0.717, 1.165) is 0 Å². The molecule has 6 heteroatoms. The standard InChI is InChI=1S/C13H14N4O2/c1-7(13(18)19)11-8(2)16-12(17-9(11)3)10-6-14-4-5-15-10/h4-7H,1-3H3,(H,18,19). The number of rotatable bonds is 3. The molecule has 0 saturated carbocycles. The van der Waals surface area contributed by atoms with E-state index in [1.165, 1.54) is 0 Å². The maximum atomic E-state index is 11.1. The van der Waals surface area contributed by atoms with Crippen molar-refractivity contribution in [3.8, 4) is 11.5 Å². The van der Waals surface area contributed by atoms with Crippen LogP contribution in [0.15, 0.2) is 18.6 Å². The largest absolute Gasteiger partial charge is 0.481 e. The van der Waals surface area contributed by atoms with Crippen LogP contribution in [0.5, 0.6) is 0 Å². The fraction of sp³-hybridized carbons (Fsp3) is 0.308. The Morgan fingerprint density at radius 3 is 2.32 bits per heavy atom. The highest BCUT2D eigenvalue weighted by atomic mass is 16.4. The number of hydrogen-bond acceptors (Lipinski definition) is 5. The lowest BCUT2D eigenvalue weighted by Crippen LogP contribution is -2.13. The van der Waals surface area contributed by atoms with Crippen LogP contribution >= 0.6 is 0 Å². The predicted molar refractivity (Wildman–Crippen MR) is 68.6 cm³/mol. The summed E-state index contributed by atoms with van der Waals surface area (Å²) in [4.78, 5) is 27.8. The Balaban J connectivity index is 2.51. The zero-order chi connectivity index (χ0) is 14.0. The summed E-state index contributed by atoms with van der Waals surface area (Å²) in [6.45, 7) is 5.19. The van der Waals surface area contributed by atoms with Crippen molar-refractivity contribution in [2.45, 2.75) is 26.7 Å². The number of aromatic nitrogens is 4. The van der Waals surface area contributed by atoms with Gasteiger partial charge in [-0.15, -0.1) is 0 Å². The highest BCUT2D eigenvalue weighted by Gasteiger charge is 2.21. The monoisotopic (exact) mass is 258 g/mol. The van der Waals surface area contributed by atoms with Crippen LogP contribution in [0.25, 0.3) is 11.5 Å². The van der Waals surface area contributed by atoms with Gasteiger partial charge < -0.3 is 5.11 Å². The number of aryl methyl sites for hydroxylation is 2. The van der Waals surface area contributed by atoms with Crippen molar-refractivity contribution in [1.82, 2.24) is 19.9 Å². The number of hydrogen-bond donors (Lipinski definition) is 1. The maximum absolute atomic E-state index is 11.1. The Hall–Kier alpha value is -2.37. The molecular formula is C13H14N4O2. The minimum absolute atomic E-state index is 0.462. The third-order valence-electron chi connectivity index (χ3n) is 2.92. The fourth-order valence-corrected chi connectivity index (χ4v) is 2.00. The van der Waals surface area contributed by atoms with Crippen molar-refractivity contribution in [2.24, 2.45) is 0 Å². The molecule has 0 aromatic carbocycles. The Labute approximate surface area is 110 Å². The van der Waals surface area contributed by atoms with Crippen LogP contribution in [0.4, 0.5) is 0 Å². The number of aliphatic carboxylic acids is 1. The second-order valence-electron chi connectivity index (χ2n) is 4.28. The number of carbonyl (C=O) groups is 1. The quantitative estimate of drug-likeness (QED) is 0.902. The van der Waals surface area contributed by atoms with Crippen LogP contribution < -0.4 is 0 Å². The van der Waals surface area contributed by atoms with Gasteiger partial charge in [-0.25, -0.2) is 15.0 Å². The lowest BCUT2D eigenvalue weighted by molar-refractivity contribution is -0.138. The lowest BCUT2D eigenvalue weighted by atomic mass is 9.98. The first kappa shape index (κ1) is 13.1. The highest BCUT2D eigenvalue weighted by molar-refractivity contribution is 5.76. The lowest BCUT2D eigenvalue weighted by Gasteiger charge is -2.13. The SMILES string of the molecule is Cc1nc(-c2cnccn2)nc(C)c1C(C)C(=O)O. The van der Waals surface area contributed by atoms with E-state index in [2.05, 4.69) is 19.9 Å². The maximum Gasteiger partial charge on any atom is 0.310 e. The van der Waals surface area contributed by atoms with Gasteiger partial charge in [-0.2, -0.15) is 0 Å². The Morgan fingerprint density at radius 2 is 1.84 bits per heavy atom. The summed E-state index contributed by atoms with van der Waals surface area (Å²) in [5.74, 6) is -1.05. The summed E-state index contributed by atoms with van der Waals surface area (Å²) in [5, 5.41) is 9.09. The van der Waals surface area contributed by atoms with Crippen LogP contribution in [0.2, 0.25) is 0 Å². The molecule has 0 aliphatic carbocycles. The van der Waals surface area contributed by atoms with E-state index in [9.17, 15) is 4.79 Å². The second-order valence-corrected chi connectivity index (χ2v) is 4.28. The van der Waals surface area contributed by atoms with Gasteiger partial charge in [0.2, 0.25) is 0 Å². The van der Waals surface area contributed by atoms with E-state index in [1.54, 1.807) is 39.4 Å². The molecule has 0 aliphatic rings. The van der Waals surface area contributed by atoms with Gasteiger partial charge in [0.1, 0.15) is 5.69 Å². The average molecular weight is 258 g/mol. The molecule has 2 aromatic heterocycles. The first-order chi connectivity index (χ1) is 9.00. The van der Waals surface area contributed by atoms with E-state index in [-0.39, 0.29) is 0 Å². The molecule has 0 spiro atoms. The minimum Gasteiger partial charge on any atom is -0.481 e. The molecule has 0 aliphatic heterocycles. The predicted octanol–water partition coefficient (Wildman–Crippen LogP) is 1.74. The van der Waals surface area contributed by atoms with Crippen molar-refractivity contribution < 1.29 is 9.90 Å². The van der Waals surface area contributed by atoms with Crippen LogP contribution in [0.1, 0.15) is 29.8 Å². The third kappa shape index (κ3) is 2.57. The molecule has 19 heavy (non-hydrogen) atoms. The third-order valence-corrected chi connectivity index (χ3v) is 2.92. The highest BCUT2D eigenvalue weighted by Crippen LogP contribution is 2.23. The molecule has 0 fully saturated rings. The van der Waals surface area contributed by atoms with Crippen molar-refractivity contribution in [1.29, 1.82) is 0 Å². The number of carboxylic acid groups (broad SMARTS) is 1.